The summed E-state index contributed by atoms with van der Waals surface area (Å²) in [5, 5.41) is 9.64. The van der Waals surface area contributed by atoms with E-state index in [9.17, 15) is 9.90 Å². The number of carboxylic acids is 1. The minimum absolute atomic E-state index is 0. The van der Waals surface area contributed by atoms with Gasteiger partial charge in [0.05, 0.1) is 11.0 Å². The van der Waals surface area contributed by atoms with Crippen molar-refractivity contribution in [1.82, 2.24) is 0 Å². The number of allylic oxidation sites excluding steroid dienone is 1. The van der Waals surface area contributed by atoms with Gasteiger partial charge in [-0.25, -0.2) is 0 Å². The van der Waals surface area contributed by atoms with Crippen LogP contribution in [0.2, 0.25) is 0 Å². The third-order valence-corrected chi connectivity index (χ3v) is 1.15. The molecule has 0 saturated heterocycles. The zero-order chi connectivity index (χ0) is 6.73. The van der Waals surface area contributed by atoms with Crippen molar-refractivity contribution < 1.29 is 39.5 Å². The minimum atomic E-state index is -1.31. The van der Waals surface area contributed by atoms with Gasteiger partial charge < -0.3 is 9.90 Å². The second-order valence-electron chi connectivity index (χ2n) is 1.60. The Kier molecular flexibility index (Phi) is 7.18. The zero-order valence-electron chi connectivity index (χ0n) is 5.69. The number of hydrogen-bond acceptors (Lipinski definition) is 2. The number of aliphatic carboxylic acids is 1. The monoisotopic (exact) mass is 156 g/mol. The average molecular weight is 157 g/mol. The van der Waals surface area contributed by atoms with Crippen molar-refractivity contribution in [3.05, 3.63) is 10.6 Å². The zero-order valence-corrected chi connectivity index (χ0v) is 8.45. The third kappa shape index (κ3) is 4.97. The SMILES string of the molecule is CC(C)=C(Cl)C(=O)[O-].[Na+]. The molecule has 0 heterocycles. The minimum Gasteiger partial charge on any atom is -0.544 e. The molecule has 0 bridgehead atoms. The number of hydrogen-bond donors (Lipinski definition) is 0. The molecule has 0 aliphatic rings. The standard InChI is InChI=1S/C5H7ClO2.Na/c1-3(2)4(6)5(7)8;/h1-2H3,(H,7,8);/q;+1/p-1. The van der Waals surface area contributed by atoms with Crippen molar-refractivity contribution in [2.24, 2.45) is 0 Å². The molecular formula is C5H6ClNaO2. The van der Waals surface area contributed by atoms with Crippen LogP contribution < -0.4 is 34.7 Å². The maximum absolute atomic E-state index is 9.84. The van der Waals surface area contributed by atoms with Crippen LogP contribution in [0.15, 0.2) is 10.6 Å². The smallest absolute Gasteiger partial charge is 0.544 e. The molecule has 0 rings (SSSR count). The Labute approximate surface area is 81.2 Å². The number of halogens is 1. The quantitative estimate of drug-likeness (QED) is 0.306. The molecule has 0 unspecified atom stereocenters. The Morgan fingerprint density at radius 1 is 1.44 bits per heavy atom. The van der Waals surface area contributed by atoms with E-state index in [4.69, 9.17) is 11.6 Å². The van der Waals surface area contributed by atoms with E-state index in [0.29, 0.717) is 5.57 Å². The molecule has 0 N–H and O–H groups in total. The predicted molar refractivity (Wildman–Crippen MR) is 29.2 cm³/mol. The second kappa shape index (κ2) is 5.30. The van der Waals surface area contributed by atoms with Crippen molar-refractivity contribution >= 4 is 17.6 Å². The van der Waals surface area contributed by atoms with E-state index < -0.39 is 5.97 Å². The van der Waals surface area contributed by atoms with Crippen LogP contribution in [0.1, 0.15) is 13.8 Å². The number of carbonyl (C=O) groups excluding carboxylic acids is 1. The normalized spacial score (nSPS) is 7.44. The topological polar surface area (TPSA) is 40.1 Å². The molecule has 0 aromatic heterocycles. The summed E-state index contributed by atoms with van der Waals surface area (Å²) in [4.78, 5) is 9.84. The molecule has 0 aromatic carbocycles. The van der Waals surface area contributed by atoms with Gasteiger partial charge in [-0.2, -0.15) is 0 Å². The second-order valence-corrected chi connectivity index (χ2v) is 1.98. The van der Waals surface area contributed by atoms with Crippen LogP contribution in [0.4, 0.5) is 0 Å². The Bertz CT molecular complexity index is 138. The molecule has 0 amide bonds. The summed E-state index contributed by atoms with van der Waals surface area (Å²) in [7, 11) is 0. The van der Waals surface area contributed by atoms with Gasteiger partial charge in [-0.3, -0.25) is 0 Å². The van der Waals surface area contributed by atoms with Gasteiger partial charge in [0, 0.05) is 0 Å². The van der Waals surface area contributed by atoms with Crippen LogP contribution in [-0.4, -0.2) is 5.97 Å². The third-order valence-electron chi connectivity index (χ3n) is 0.618. The van der Waals surface area contributed by atoms with Crippen molar-refractivity contribution in [1.29, 1.82) is 0 Å². The first kappa shape index (κ1) is 12.2. The molecule has 0 spiro atoms. The number of carbonyl (C=O) groups is 1. The summed E-state index contributed by atoms with van der Waals surface area (Å²) < 4.78 is 0. The molecular weight excluding hydrogens is 150 g/mol. The molecule has 0 radical (unpaired) electrons. The van der Waals surface area contributed by atoms with Gasteiger partial charge in [0.15, 0.2) is 0 Å². The average Bonchev–Trinajstić information content (AvgIpc) is 1.64. The summed E-state index contributed by atoms with van der Waals surface area (Å²) in [5.41, 5.74) is 0.562. The Morgan fingerprint density at radius 3 is 1.78 bits per heavy atom. The summed E-state index contributed by atoms with van der Waals surface area (Å²) in [6.45, 7) is 3.22. The van der Waals surface area contributed by atoms with E-state index >= 15 is 0 Å². The van der Waals surface area contributed by atoms with E-state index in [1.54, 1.807) is 13.8 Å². The van der Waals surface area contributed by atoms with Crippen molar-refractivity contribution in [3.8, 4) is 0 Å². The fourth-order valence-corrected chi connectivity index (χ4v) is 0.204. The maximum atomic E-state index is 9.84. The molecule has 0 saturated carbocycles. The van der Waals surface area contributed by atoms with Gasteiger partial charge in [-0.05, 0) is 13.8 Å². The molecule has 46 valence electrons. The summed E-state index contributed by atoms with van der Waals surface area (Å²) in [5.74, 6) is -1.31. The Balaban J connectivity index is 0. The fraction of sp³-hybridized carbons (Fsp3) is 0.400. The number of carboxylic acid groups (broad SMARTS) is 1. The largest absolute Gasteiger partial charge is 1.00 e. The molecule has 2 nitrogen and oxygen atoms in total. The molecule has 9 heavy (non-hydrogen) atoms. The van der Waals surface area contributed by atoms with Gasteiger partial charge >= 0.3 is 29.6 Å². The first-order chi connectivity index (χ1) is 3.55. The van der Waals surface area contributed by atoms with Gasteiger partial charge in [0.1, 0.15) is 0 Å². The fourth-order valence-electron chi connectivity index (χ4n) is 0.204. The molecule has 0 atom stereocenters. The first-order valence-corrected chi connectivity index (χ1v) is 2.48. The van der Waals surface area contributed by atoms with E-state index in [-0.39, 0.29) is 34.6 Å². The Morgan fingerprint density at radius 2 is 1.78 bits per heavy atom. The van der Waals surface area contributed by atoms with Crippen molar-refractivity contribution in [3.63, 3.8) is 0 Å². The predicted octanol–water partition coefficient (Wildman–Crippen LogP) is -2.73. The Hall–Kier alpha value is 0.500. The molecule has 4 heteroatoms. The summed E-state index contributed by atoms with van der Waals surface area (Å²) in [6, 6.07) is 0. The van der Waals surface area contributed by atoms with Gasteiger partial charge in [0.25, 0.3) is 0 Å². The van der Waals surface area contributed by atoms with Gasteiger partial charge in [0.2, 0.25) is 0 Å². The van der Waals surface area contributed by atoms with Crippen LogP contribution >= 0.6 is 11.6 Å². The van der Waals surface area contributed by atoms with Crippen LogP contribution in [-0.2, 0) is 4.79 Å². The molecule has 0 aliphatic heterocycles. The van der Waals surface area contributed by atoms with Crippen molar-refractivity contribution in [2.45, 2.75) is 13.8 Å². The van der Waals surface area contributed by atoms with E-state index in [2.05, 4.69) is 0 Å². The van der Waals surface area contributed by atoms with Gasteiger partial charge in [-0.1, -0.05) is 17.2 Å². The van der Waals surface area contributed by atoms with E-state index in [0.717, 1.165) is 0 Å². The van der Waals surface area contributed by atoms with Gasteiger partial charge in [-0.15, -0.1) is 0 Å². The molecule has 0 aliphatic carbocycles. The van der Waals surface area contributed by atoms with Crippen LogP contribution in [0.25, 0.3) is 0 Å². The molecule has 0 aromatic rings. The van der Waals surface area contributed by atoms with Crippen LogP contribution in [0.3, 0.4) is 0 Å². The van der Waals surface area contributed by atoms with Crippen molar-refractivity contribution in [2.75, 3.05) is 0 Å². The maximum Gasteiger partial charge on any atom is 1.00 e. The molecule has 0 fully saturated rings. The number of rotatable bonds is 1. The summed E-state index contributed by atoms with van der Waals surface area (Å²) in [6.07, 6.45) is 0. The van der Waals surface area contributed by atoms with E-state index in [1.165, 1.54) is 0 Å². The van der Waals surface area contributed by atoms with E-state index in [1.807, 2.05) is 0 Å². The first-order valence-electron chi connectivity index (χ1n) is 2.10. The summed E-state index contributed by atoms with van der Waals surface area (Å²) >= 11 is 5.17. The van der Waals surface area contributed by atoms with Crippen LogP contribution in [0, 0.1) is 0 Å². The van der Waals surface area contributed by atoms with Crippen LogP contribution in [0.5, 0.6) is 0 Å².